The highest BCUT2D eigenvalue weighted by Gasteiger charge is 2.59. The van der Waals surface area contributed by atoms with Crippen molar-refractivity contribution in [1.29, 1.82) is 0 Å². The fourth-order valence-electron chi connectivity index (χ4n) is 8.55. The molecule has 4 atom stereocenters. The maximum absolute atomic E-state index is 14.2. The Bertz CT molecular complexity index is 1360. The van der Waals surface area contributed by atoms with Crippen LogP contribution in [-0.4, -0.2) is 89.9 Å². The van der Waals surface area contributed by atoms with Crippen LogP contribution in [0.5, 0.6) is 11.5 Å². The smallest absolute Gasteiger partial charge is 0.248 e. The number of carbonyl (C=O) groups excluding carboxylic acids is 2. The van der Waals surface area contributed by atoms with Crippen molar-refractivity contribution < 1.29 is 34.4 Å². The first kappa shape index (κ1) is 32.3. The van der Waals surface area contributed by atoms with Crippen molar-refractivity contribution in [3.8, 4) is 11.5 Å². The molecule has 0 heterocycles. The molecule has 4 aliphatic carbocycles. The number of amides is 1. The van der Waals surface area contributed by atoms with Gasteiger partial charge in [-0.1, -0.05) is 39.0 Å². The molecule has 44 heavy (non-hydrogen) atoms. The van der Waals surface area contributed by atoms with Crippen molar-refractivity contribution in [2.45, 2.75) is 82.9 Å². The normalized spacial score (nSPS) is 27.4. The number of ketones is 1. The van der Waals surface area contributed by atoms with Gasteiger partial charge in [0, 0.05) is 42.7 Å². The van der Waals surface area contributed by atoms with Crippen molar-refractivity contribution in [1.82, 2.24) is 9.80 Å². The van der Waals surface area contributed by atoms with Gasteiger partial charge in [-0.15, -0.1) is 0 Å². The van der Waals surface area contributed by atoms with E-state index in [-0.39, 0.29) is 40.4 Å². The summed E-state index contributed by atoms with van der Waals surface area (Å²) in [5.74, 6) is -1.36. The zero-order valence-corrected chi connectivity index (χ0v) is 26.8. The number of Topliss-reactive ketones (excluding diaryl/α,β-unsaturated/α-hetero) is 1. The van der Waals surface area contributed by atoms with Gasteiger partial charge in [-0.25, -0.2) is 0 Å². The lowest BCUT2D eigenvalue weighted by Gasteiger charge is -2.53. The highest BCUT2D eigenvalue weighted by atomic mass is 16.5. The van der Waals surface area contributed by atoms with Crippen LogP contribution in [-0.2, 0) is 22.5 Å². The molecule has 0 bridgehead atoms. The summed E-state index contributed by atoms with van der Waals surface area (Å²) >= 11 is 0. The largest absolute Gasteiger partial charge is 0.510 e. The topological polar surface area (TPSA) is 146 Å². The van der Waals surface area contributed by atoms with E-state index in [1.807, 2.05) is 0 Å². The lowest BCUT2D eigenvalue weighted by molar-refractivity contribution is -0.121. The number of hydrogen-bond donors (Lipinski definition) is 4. The number of methoxy groups -OCH3 is 2. The average Bonchev–Trinajstić information content (AvgIpc) is 2.99. The minimum atomic E-state index is -1.44. The fraction of sp³-hybridized carbons (Fsp3) is 0.647. The van der Waals surface area contributed by atoms with E-state index in [1.54, 1.807) is 32.2 Å². The number of allylic oxidation sites excluding steroid dienone is 1. The summed E-state index contributed by atoms with van der Waals surface area (Å²) in [6.07, 6.45) is 8.30. The third-order valence-corrected chi connectivity index (χ3v) is 10.8. The minimum absolute atomic E-state index is 0.0332. The molecule has 0 unspecified atom stereocenters. The number of aliphatic hydroxyl groups excluding tert-OH is 2. The Morgan fingerprint density at radius 3 is 2.43 bits per heavy atom. The average molecular weight is 612 g/mol. The molecular formula is C34H49N3O7. The minimum Gasteiger partial charge on any atom is -0.510 e. The van der Waals surface area contributed by atoms with Crippen molar-refractivity contribution in [2.24, 2.45) is 23.5 Å². The summed E-state index contributed by atoms with van der Waals surface area (Å²) in [4.78, 5) is 30.7. The molecule has 1 saturated carbocycles. The highest BCUT2D eigenvalue weighted by molar-refractivity contribution is 6.14. The molecule has 10 heteroatoms. The van der Waals surface area contributed by atoms with Gasteiger partial charge in [0.2, 0.25) is 5.91 Å². The molecule has 1 fully saturated rings. The van der Waals surface area contributed by atoms with Crippen LogP contribution in [0.2, 0.25) is 0 Å². The number of nitrogens with zero attached hydrogens (tertiary/aromatic N) is 2. The zero-order chi connectivity index (χ0) is 31.9. The first-order valence-corrected chi connectivity index (χ1v) is 16.0. The molecule has 0 aliphatic heterocycles. The standard InChI is InChI=1S/C34H49N3O7/c1-6-37(13-12-19-10-8-7-9-11-19)18-21-16-25(38)27-22(31(21)43-4)14-20-15-24-28(36(2)3)29(39)23(33(35)42)17-34(24,44-5)32(41)26(20)30(27)40/h16,19-20,24,28,38-39,41H,6-15,17-18H2,1-5H3,(H2,35,42)/t20-,24-,28-,34-/m0/s1. The van der Waals surface area contributed by atoms with Gasteiger partial charge < -0.3 is 30.5 Å². The Morgan fingerprint density at radius 1 is 1.14 bits per heavy atom. The molecular weight excluding hydrogens is 562 g/mol. The first-order chi connectivity index (χ1) is 21.0. The molecule has 10 nitrogen and oxygen atoms in total. The number of primary amides is 1. The number of likely N-dealkylation sites (N-methyl/N-ethyl adjacent to an activating group) is 1. The molecule has 1 aromatic carbocycles. The summed E-state index contributed by atoms with van der Waals surface area (Å²) in [5, 5.41) is 34.3. The summed E-state index contributed by atoms with van der Waals surface area (Å²) in [6.45, 7) is 4.54. The van der Waals surface area contributed by atoms with Gasteiger partial charge >= 0.3 is 0 Å². The maximum Gasteiger partial charge on any atom is 0.248 e. The lowest BCUT2D eigenvalue weighted by Crippen LogP contribution is -2.60. The van der Waals surface area contributed by atoms with Gasteiger partial charge in [0.05, 0.1) is 24.3 Å². The Hall–Kier alpha value is -3.08. The molecule has 0 spiro atoms. The number of fused-ring (bicyclic) bond motifs is 3. The molecule has 1 aromatic rings. The summed E-state index contributed by atoms with van der Waals surface area (Å²) in [6, 6.07) is 0.957. The van der Waals surface area contributed by atoms with Crippen LogP contribution in [0, 0.1) is 17.8 Å². The summed E-state index contributed by atoms with van der Waals surface area (Å²) in [7, 11) is 6.59. The third kappa shape index (κ3) is 5.39. The second kappa shape index (κ2) is 12.7. The second-order valence-corrected chi connectivity index (χ2v) is 13.3. The number of carbonyl (C=O) groups is 2. The quantitative estimate of drug-likeness (QED) is 0.302. The van der Waals surface area contributed by atoms with Gasteiger partial charge in [0.1, 0.15) is 28.6 Å². The van der Waals surface area contributed by atoms with Gasteiger partial charge in [-0.3, -0.25) is 19.4 Å². The number of benzene rings is 1. The molecule has 4 aliphatic rings. The van der Waals surface area contributed by atoms with E-state index in [2.05, 4.69) is 11.8 Å². The predicted molar refractivity (Wildman–Crippen MR) is 167 cm³/mol. The molecule has 1 amide bonds. The SMILES string of the molecule is CCN(CCC1CCCCC1)Cc1cc(O)c2c(c1OC)C[C@H]1C[C@H]3[C@H](N(C)C)C(O)=C(C(N)=O)C[C@@]3(OC)C(O)=C1C2=O. The van der Waals surface area contributed by atoms with Crippen LogP contribution in [0.4, 0.5) is 0 Å². The molecule has 0 saturated heterocycles. The van der Waals surface area contributed by atoms with Gasteiger partial charge in [-0.05, 0) is 64.3 Å². The Morgan fingerprint density at radius 2 is 1.84 bits per heavy atom. The highest BCUT2D eigenvalue weighted by Crippen LogP contribution is 2.55. The van der Waals surface area contributed by atoms with Crippen molar-refractivity contribution >= 4 is 11.7 Å². The van der Waals surface area contributed by atoms with Crippen molar-refractivity contribution in [3.63, 3.8) is 0 Å². The molecule has 0 radical (unpaired) electrons. The number of aliphatic hydroxyl groups is 2. The number of rotatable bonds is 10. The number of hydrogen-bond acceptors (Lipinski definition) is 9. The van der Waals surface area contributed by atoms with E-state index >= 15 is 0 Å². The summed E-state index contributed by atoms with van der Waals surface area (Å²) in [5.41, 5.74) is 5.94. The lowest BCUT2D eigenvalue weighted by atomic mass is 9.59. The second-order valence-electron chi connectivity index (χ2n) is 13.3. The number of phenols is 1. The summed E-state index contributed by atoms with van der Waals surface area (Å²) < 4.78 is 11.9. The van der Waals surface area contributed by atoms with Crippen LogP contribution < -0.4 is 10.5 Å². The number of ether oxygens (including phenoxy) is 2. The number of aromatic hydroxyl groups is 1. The van der Waals surface area contributed by atoms with Crippen molar-refractivity contribution in [3.05, 3.63) is 45.4 Å². The van der Waals surface area contributed by atoms with E-state index in [0.717, 1.165) is 31.0 Å². The Balaban J connectivity index is 1.52. The van der Waals surface area contributed by atoms with Crippen LogP contribution in [0.1, 0.15) is 79.8 Å². The predicted octanol–water partition coefficient (Wildman–Crippen LogP) is 4.40. The number of nitrogens with two attached hydrogens (primary N) is 1. The Labute approximate surface area is 260 Å². The third-order valence-electron chi connectivity index (χ3n) is 10.8. The fourth-order valence-corrected chi connectivity index (χ4v) is 8.55. The molecule has 5 N–H and O–H groups in total. The molecule has 5 rings (SSSR count). The van der Waals surface area contributed by atoms with Crippen LogP contribution in [0.25, 0.3) is 0 Å². The first-order valence-electron chi connectivity index (χ1n) is 16.0. The van der Waals surface area contributed by atoms with E-state index in [0.29, 0.717) is 30.7 Å². The van der Waals surface area contributed by atoms with Crippen molar-refractivity contribution in [2.75, 3.05) is 41.4 Å². The zero-order valence-electron chi connectivity index (χ0n) is 26.8. The van der Waals surface area contributed by atoms with Crippen LogP contribution >= 0.6 is 0 Å². The van der Waals surface area contributed by atoms with E-state index < -0.39 is 35.2 Å². The molecule has 242 valence electrons. The van der Waals surface area contributed by atoms with E-state index in [4.69, 9.17) is 15.2 Å². The monoisotopic (exact) mass is 611 g/mol. The van der Waals surface area contributed by atoms with E-state index in [9.17, 15) is 24.9 Å². The van der Waals surface area contributed by atoms with Crippen LogP contribution in [0.15, 0.2) is 28.7 Å². The maximum atomic E-state index is 14.2. The number of phenolic OH excluding ortho intramolecular Hbond substituents is 1. The van der Waals surface area contributed by atoms with Gasteiger partial charge in [-0.2, -0.15) is 0 Å². The van der Waals surface area contributed by atoms with E-state index in [1.165, 1.54) is 39.2 Å². The van der Waals surface area contributed by atoms with Gasteiger partial charge in [0.15, 0.2) is 5.78 Å². The molecule has 0 aromatic heterocycles. The van der Waals surface area contributed by atoms with Gasteiger partial charge in [0.25, 0.3) is 0 Å². The van der Waals surface area contributed by atoms with Crippen LogP contribution in [0.3, 0.4) is 0 Å². The Kier molecular flexibility index (Phi) is 9.35.